The average Bonchev–Trinajstić information content (AvgIpc) is 2.46. The van der Waals surface area contributed by atoms with Crippen molar-refractivity contribution in [2.75, 3.05) is 20.4 Å². The van der Waals surface area contributed by atoms with Crippen LogP contribution in [0.25, 0.3) is 10.8 Å². The third-order valence-electron chi connectivity index (χ3n) is 3.14. The lowest BCUT2D eigenvalue weighted by Crippen LogP contribution is -2.07. The molecule has 0 spiro atoms. The first-order valence-corrected chi connectivity index (χ1v) is 7.68. The summed E-state index contributed by atoms with van der Waals surface area (Å²) in [5.74, 6) is 0. The van der Waals surface area contributed by atoms with Gasteiger partial charge < -0.3 is 14.2 Å². The van der Waals surface area contributed by atoms with Crippen LogP contribution in [0.4, 0.5) is 0 Å². The molecule has 2 aromatic rings. The van der Waals surface area contributed by atoms with E-state index < -0.39 is 13.7 Å². The predicted molar refractivity (Wildman–Crippen MR) is 75.4 cm³/mol. The Hall–Kier alpha value is -1.19. The van der Waals surface area contributed by atoms with Gasteiger partial charge in [-0.05, 0) is 16.3 Å². The second-order valence-electron chi connectivity index (χ2n) is 4.24. The van der Waals surface area contributed by atoms with Gasteiger partial charge in [0.15, 0.2) is 0 Å². The molecule has 1 N–H and O–H groups in total. The molecule has 102 valence electrons. The molecule has 2 rings (SSSR count). The summed E-state index contributed by atoms with van der Waals surface area (Å²) in [6.07, 6.45) is -0.953. The maximum absolute atomic E-state index is 12.1. The molecular formula is C14H17O4P. The molecule has 0 saturated heterocycles. The van der Waals surface area contributed by atoms with Crippen LogP contribution in [0.2, 0.25) is 0 Å². The Morgan fingerprint density at radius 1 is 1.11 bits per heavy atom. The molecule has 0 radical (unpaired) electrons. The molecule has 2 aromatic carbocycles. The van der Waals surface area contributed by atoms with Crippen molar-refractivity contribution < 1.29 is 18.7 Å². The van der Waals surface area contributed by atoms with E-state index in [-0.39, 0.29) is 6.16 Å². The maximum Gasteiger partial charge on any atom is 0.333 e. The molecule has 0 bridgehead atoms. The molecule has 5 heteroatoms. The Balaban J connectivity index is 2.37. The van der Waals surface area contributed by atoms with E-state index in [0.29, 0.717) is 0 Å². The number of benzene rings is 2. The molecule has 0 fully saturated rings. The number of aliphatic hydroxyl groups excluding tert-OH is 1. The monoisotopic (exact) mass is 280 g/mol. The summed E-state index contributed by atoms with van der Waals surface area (Å²) in [5, 5.41) is 12.3. The van der Waals surface area contributed by atoms with Gasteiger partial charge in [0.2, 0.25) is 0 Å². The van der Waals surface area contributed by atoms with Crippen molar-refractivity contribution in [3.8, 4) is 0 Å². The largest absolute Gasteiger partial charge is 0.388 e. The Kier molecular flexibility index (Phi) is 4.38. The molecule has 19 heavy (non-hydrogen) atoms. The minimum absolute atomic E-state index is 0.0615. The number of hydrogen-bond acceptors (Lipinski definition) is 4. The van der Waals surface area contributed by atoms with E-state index in [4.69, 9.17) is 9.05 Å². The molecule has 0 heterocycles. The van der Waals surface area contributed by atoms with Crippen molar-refractivity contribution in [3.63, 3.8) is 0 Å². The smallest absolute Gasteiger partial charge is 0.333 e. The lowest BCUT2D eigenvalue weighted by Gasteiger charge is -2.19. The van der Waals surface area contributed by atoms with E-state index >= 15 is 0 Å². The first-order chi connectivity index (χ1) is 9.09. The zero-order chi connectivity index (χ0) is 13.9. The minimum Gasteiger partial charge on any atom is -0.388 e. The zero-order valence-electron chi connectivity index (χ0n) is 10.9. The Labute approximate surface area is 112 Å². The second-order valence-corrected chi connectivity index (χ2v) is 6.56. The van der Waals surface area contributed by atoms with E-state index in [0.717, 1.165) is 16.3 Å². The van der Waals surface area contributed by atoms with E-state index in [1.165, 1.54) is 14.2 Å². The van der Waals surface area contributed by atoms with E-state index in [1.54, 1.807) is 0 Å². The lowest BCUT2D eigenvalue weighted by molar-refractivity contribution is 0.185. The molecular weight excluding hydrogens is 263 g/mol. The van der Waals surface area contributed by atoms with Gasteiger partial charge in [-0.25, -0.2) is 0 Å². The highest BCUT2D eigenvalue weighted by molar-refractivity contribution is 7.53. The van der Waals surface area contributed by atoms with Crippen LogP contribution in [0.3, 0.4) is 0 Å². The van der Waals surface area contributed by atoms with Crippen molar-refractivity contribution in [1.82, 2.24) is 0 Å². The Morgan fingerprint density at radius 2 is 1.74 bits per heavy atom. The third-order valence-corrected chi connectivity index (χ3v) is 5.04. The first kappa shape index (κ1) is 14.2. The van der Waals surface area contributed by atoms with Gasteiger partial charge in [-0.1, -0.05) is 42.5 Å². The highest BCUT2D eigenvalue weighted by Gasteiger charge is 2.27. The van der Waals surface area contributed by atoms with Gasteiger partial charge in [0.1, 0.15) is 0 Å². The fraction of sp³-hybridized carbons (Fsp3) is 0.286. The standard InChI is InChI=1S/C14H17O4P/c1-17-19(16,18-2)10-14(15)13-9-5-7-11-6-3-4-8-12(11)13/h3-9,14-15H,10H2,1-2H3. The SMILES string of the molecule is COP(=O)(CC(O)c1cccc2ccccc12)OC. The molecule has 0 amide bonds. The molecule has 0 aliphatic heterocycles. The number of rotatable bonds is 5. The number of hydrogen-bond donors (Lipinski definition) is 1. The summed E-state index contributed by atoms with van der Waals surface area (Å²) >= 11 is 0. The molecule has 4 nitrogen and oxygen atoms in total. The fourth-order valence-corrected chi connectivity index (χ4v) is 3.14. The van der Waals surface area contributed by atoms with Gasteiger partial charge in [-0.3, -0.25) is 4.57 Å². The second kappa shape index (κ2) is 5.85. The van der Waals surface area contributed by atoms with Gasteiger partial charge in [-0.2, -0.15) is 0 Å². The summed E-state index contributed by atoms with van der Waals surface area (Å²) < 4.78 is 21.8. The van der Waals surface area contributed by atoms with Crippen molar-refractivity contribution in [2.24, 2.45) is 0 Å². The highest BCUT2D eigenvalue weighted by Crippen LogP contribution is 2.49. The Morgan fingerprint density at radius 3 is 2.42 bits per heavy atom. The third kappa shape index (κ3) is 3.04. The van der Waals surface area contributed by atoms with Crippen molar-refractivity contribution >= 4 is 18.4 Å². The molecule has 1 unspecified atom stereocenters. The zero-order valence-corrected chi connectivity index (χ0v) is 11.8. The summed E-state index contributed by atoms with van der Waals surface area (Å²) in [5.41, 5.74) is 0.729. The van der Waals surface area contributed by atoms with Gasteiger partial charge in [0.25, 0.3) is 0 Å². The van der Waals surface area contributed by atoms with E-state index in [1.807, 2.05) is 42.5 Å². The first-order valence-electron chi connectivity index (χ1n) is 5.96. The van der Waals surface area contributed by atoms with Gasteiger partial charge in [0, 0.05) is 14.2 Å². The Bertz CT molecular complexity index is 598. The summed E-state index contributed by atoms with van der Waals surface area (Å²) in [4.78, 5) is 0. The predicted octanol–water partition coefficient (Wildman–Crippen LogP) is 3.36. The molecule has 0 saturated carbocycles. The van der Waals surface area contributed by atoms with Crippen molar-refractivity contribution in [2.45, 2.75) is 6.10 Å². The average molecular weight is 280 g/mol. The van der Waals surface area contributed by atoms with Crippen LogP contribution in [-0.4, -0.2) is 25.5 Å². The summed E-state index contributed by atoms with van der Waals surface area (Å²) in [6, 6.07) is 13.4. The lowest BCUT2D eigenvalue weighted by atomic mass is 10.0. The van der Waals surface area contributed by atoms with Crippen LogP contribution in [0.1, 0.15) is 11.7 Å². The fourth-order valence-electron chi connectivity index (χ4n) is 2.07. The topological polar surface area (TPSA) is 55.8 Å². The van der Waals surface area contributed by atoms with Crippen molar-refractivity contribution in [1.29, 1.82) is 0 Å². The molecule has 0 aromatic heterocycles. The highest BCUT2D eigenvalue weighted by atomic mass is 31.2. The van der Waals surface area contributed by atoms with E-state index in [9.17, 15) is 9.67 Å². The van der Waals surface area contributed by atoms with Crippen LogP contribution in [0.5, 0.6) is 0 Å². The van der Waals surface area contributed by atoms with Crippen molar-refractivity contribution in [3.05, 3.63) is 48.0 Å². The molecule has 0 aliphatic rings. The minimum atomic E-state index is -3.23. The summed E-state index contributed by atoms with van der Waals surface area (Å²) in [7, 11) is -0.592. The van der Waals surface area contributed by atoms with Crippen LogP contribution < -0.4 is 0 Å². The van der Waals surface area contributed by atoms with Gasteiger partial charge in [0.05, 0.1) is 12.3 Å². The van der Waals surface area contributed by atoms with Crippen LogP contribution in [-0.2, 0) is 13.6 Å². The normalized spacial score (nSPS) is 13.6. The van der Waals surface area contributed by atoms with Gasteiger partial charge in [-0.15, -0.1) is 0 Å². The van der Waals surface area contributed by atoms with Crippen LogP contribution in [0, 0.1) is 0 Å². The summed E-state index contributed by atoms with van der Waals surface area (Å²) in [6.45, 7) is 0. The quantitative estimate of drug-likeness (QED) is 0.853. The number of fused-ring (bicyclic) bond motifs is 1. The van der Waals surface area contributed by atoms with E-state index in [2.05, 4.69) is 0 Å². The molecule has 0 aliphatic carbocycles. The van der Waals surface area contributed by atoms with Crippen LogP contribution >= 0.6 is 7.60 Å². The van der Waals surface area contributed by atoms with Crippen LogP contribution in [0.15, 0.2) is 42.5 Å². The molecule has 1 atom stereocenters. The van der Waals surface area contributed by atoms with Gasteiger partial charge >= 0.3 is 7.60 Å². The number of aliphatic hydroxyl groups is 1. The maximum atomic E-state index is 12.1.